The summed E-state index contributed by atoms with van der Waals surface area (Å²) in [6.45, 7) is -3.07. The molecule has 0 unspecified atom stereocenters. The van der Waals surface area contributed by atoms with Gasteiger partial charge in [-0.1, -0.05) is 12.1 Å². The van der Waals surface area contributed by atoms with E-state index in [1.165, 1.54) is 36.4 Å². The van der Waals surface area contributed by atoms with Gasteiger partial charge in [0, 0.05) is 11.6 Å². The first kappa shape index (κ1) is 19.2. The van der Waals surface area contributed by atoms with Crippen LogP contribution in [-0.4, -0.2) is 32.7 Å². The fourth-order valence-corrected chi connectivity index (χ4v) is 2.88. The van der Waals surface area contributed by atoms with Crippen LogP contribution in [0.1, 0.15) is 10.4 Å². The number of H-pyrrole nitrogens is 1. The molecule has 8 nitrogen and oxygen atoms in total. The van der Waals surface area contributed by atoms with Gasteiger partial charge in [0.2, 0.25) is 0 Å². The number of halogens is 3. The third kappa shape index (κ3) is 3.85. The predicted octanol–water partition coefficient (Wildman–Crippen LogP) is 3.10. The maximum absolute atomic E-state index is 13.3. The van der Waals surface area contributed by atoms with Crippen LogP contribution in [0.5, 0.6) is 5.75 Å². The van der Waals surface area contributed by atoms with Gasteiger partial charge in [-0.2, -0.15) is 13.5 Å². The Morgan fingerprint density at radius 1 is 1.07 bits per heavy atom. The Labute approximate surface area is 165 Å². The Morgan fingerprint density at radius 3 is 2.57 bits per heavy atom. The van der Waals surface area contributed by atoms with E-state index in [1.807, 2.05) is 0 Å². The first-order chi connectivity index (χ1) is 14.4. The van der Waals surface area contributed by atoms with Crippen molar-refractivity contribution in [1.82, 2.24) is 20.2 Å². The molecular weight excluding hydrogens is 403 g/mol. The monoisotopic (exact) mass is 415 g/mol. The van der Waals surface area contributed by atoms with Gasteiger partial charge in [-0.15, -0.1) is 0 Å². The number of alkyl halides is 2. The Hall–Kier alpha value is -4.15. The lowest BCUT2D eigenvalue weighted by atomic mass is 10.1. The predicted molar refractivity (Wildman–Crippen MR) is 100 cm³/mol. The van der Waals surface area contributed by atoms with E-state index in [9.17, 15) is 22.8 Å². The number of aromatic nitrogens is 4. The number of benzene rings is 3. The number of anilines is 1. The van der Waals surface area contributed by atoms with E-state index in [0.29, 0.717) is 10.8 Å². The van der Waals surface area contributed by atoms with Crippen LogP contribution in [0.2, 0.25) is 0 Å². The average Bonchev–Trinajstić information content (AvgIpc) is 3.14. The molecule has 4 aromatic rings. The highest BCUT2D eigenvalue weighted by molar-refractivity contribution is 6.07. The molecule has 1 aromatic heterocycles. The molecule has 4 rings (SSSR count). The lowest BCUT2D eigenvalue weighted by molar-refractivity contribution is -0.0498. The maximum Gasteiger partial charge on any atom is 0.387 e. The number of hydrogen-bond acceptors (Lipinski definition) is 5. The number of amides is 1. The maximum atomic E-state index is 13.3. The molecule has 0 aliphatic rings. The molecule has 0 atom stereocenters. The van der Waals surface area contributed by atoms with Crippen LogP contribution in [0.4, 0.5) is 18.9 Å². The Bertz CT molecular complexity index is 1300. The SMILES string of the molecule is O=C(Nc1ccc(OC(F)F)cc1-n1nn[nH]c1=O)c1ccc2cc(F)ccc2c1. The van der Waals surface area contributed by atoms with E-state index >= 15 is 0 Å². The Morgan fingerprint density at radius 2 is 1.83 bits per heavy atom. The van der Waals surface area contributed by atoms with Gasteiger partial charge in [0.05, 0.1) is 11.4 Å². The van der Waals surface area contributed by atoms with Crippen molar-refractivity contribution in [2.45, 2.75) is 6.61 Å². The van der Waals surface area contributed by atoms with Crippen LogP contribution in [0, 0.1) is 5.82 Å². The highest BCUT2D eigenvalue weighted by Gasteiger charge is 2.16. The van der Waals surface area contributed by atoms with Crippen molar-refractivity contribution in [1.29, 1.82) is 0 Å². The minimum atomic E-state index is -3.07. The molecule has 0 spiro atoms. The lowest BCUT2D eigenvalue weighted by Gasteiger charge is -2.13. The van der Waals surface area contributed by atoms with Crippen molar-refractivity contribution >= 4 is 22.4 Å². The molecule has 0 fully saturated rings. The zero-order valence-corrected chi connectivity index (χ0v) is 15.0. The van der Waals surface area contributed by atoms with Crippen molar-refractivity contribution in [2.75, 3.05) is 5.32 Å². The van der Waals surface area contributed by atoms with Gasteiger partial charge in [-0.3, -0.25) is 4.79 Å². The first-order valence-electron chi connectivity index (χ1n) is 8.51. The van der Waals surface area contributed by atoms with Crippen molar-refractivity contribution in [3.63, 3.8) is 0 Å². The third-order valence-corrected chi connectivity index (χ3v) is 4.21. The summed E-state index contributed by atoms with van der Waals surface area (Å²) in [4.78, 5) is 24.6. The number of carbonyl (C=O) groups excluding carboxylic acids is 1. The number of rotatable bonds is 5. The van der Waals surface area contributed by atoms with Crippen molar-refractivity contribution in [3.8, 4) is 11.4 Å². The molecule has 30 heavy (non-hydrogen) atoms. The lowest BCUT2D eigenvalue weighted by Crippen LogP contribution is -2.20. The third-order valence-electron chi connectivity index (χ3n) is 4.21. The van der Waals surface area contributed by atoms with Crippen molar-refractivity contribution in [2.24, 2.45) is 0 Å². The quantitative estimate of drug-likeness (QED) is 0.522. The molecule has 0 saturated carbocycles. The van der Waals surface area contributed by atoms with E-state index in [0.717, 1.165) is 10.7 Å². The second-order valence-corrected chi connectivity index (χ2v) is 6.14. The zero-order valence-electron chi connectivity index (χ0n) is 15.0. The fourth-order valence-electron chi connectivity index (χ4n) is 2.88. The molecule has 0 aliphatic carbocycles. The smallest absolute Gasteiger partial charge is 0.387 e. The number of fused-ring (bicyclic) bond motifs is 1. The van der Waals surface area contributed by atoms with Crippen molar-refractivity contribution < 1.29 is 22.7 Å². The minimum Gasteiger partial charge on any atom is -0.435 e. The zero-order chi connectivity index (χ0) is 21.3. The fraction of sp³-hybridized carbons (Fsp3) is 0.0526. The molecule has 1 amide bonds. The summed E-state index contributed by atoms with van der Waals surface area (Å²) in [6.07, 6.45) is 0. The largest absolute Gasteiger partial charge is 0.435 e. The Balaban J connectivity index is 1.69. The van der Waals surface area contributed by atoms with Crippen LogP contribution >= 0.6 is 0 Å². The van der Waals surface area contributed by atoms with Crippen LogP contribution in [-0.2, 0) is 0 Å². The van der Waals surface area contributed by atoms with Crippen LogP contribution in [0.15, 0.2) is 59.4 Å². The number of nitrogens with zero attached hydrogens (tertiary/aromatic N) is 3. The molecular formula is C19H12F3N5O3. The van der Waals surface area contributed by atoms with E-state index in [-0.39, 0.29) is 22.7 Å². The molecule has 11 heteroatoms. The van der Waals surface area contributed by atoms with E-state index < -0.39 is 24.0 Å². The average molecular weight is 415 g/mol. The molecule has 3 aromatic carbocycles. The molecule has 152 valence electrons. The summed E-state index contributed by atoms with van der Waals surface area (Å²) < 4.78 is 43.5. The number of hydrogen-bond donors (Lipinski definition) is 2. The molecule has 0 saturated heterocycles. The van der Waals surface area contributed by atoms with Gasteiger partial charge in [0.25, 0.3) is 5.91 Å². The standard InChI is InChI=1S/C19H12F3N5O3/c20-13-4-3-10-7-12(2-1-11(10)8-13)17(28)23-15-6-5-14(30-18(21)22)9-16(15)27-19(29)24-25-26-27/h1-9,18H,(H,23,28)(H,24,26,29). The summed E-state index contributed by atoms with van der Waals surface area (Å²) in [6, 6.07) is 12.5. The van der Waals surface area contributed by atoms with Gasteiger partial charge >= 0.3 is 12.3 Å². The van der Waals surface area contributed by atoms with Crippen LogP contribution in [0.25, 0.3) is 16.5 Å². The molecule has 2 N–H and O–H groups in total. The van der Waals surface area contributed by atoms with Gasteiger partial charge in [-0.05, 0) is 57.6 Å². The molecule has 1 heterocycles. The van der Waals surface area contributed by atoms with Gasteiger partial charge in [0.1, 0.15) is 11.6 Å². The number of nitrogens with one attached hydrogen (secondary N) is 2. The summed E-state index contributed by atoms with van der Waals surface area (Å²) in [5, 5.41) is 12.9. The number of tetrazole rings is 1. The van der Waals surface area contributed by atoms with Crippen molar-refractivity contribution in [3.05, 3.63) is 76.5 Å². The normalized spacial score (nSPS) is 11.1. The minimum absolute atomic E-state index is 0.0249. The number of ether oxygens (including phenoxy) is 1. The molecule has 0 bridgehead atoms. The number of carbonyl (C=O) groups is 1. The Kier molecular flexibility index (Phi) is 4.92. The van der Waals surface area contributed by atoms with E-state index in [4.69, 9.17) is 0 Å². The van der Waals surface area contributed by atoms with Gasteiger partial charge < -0.3 is 10.1 Å². The van der Waals surface area contributed by atoms with Gasteiger partial charge in [0.15, 0.2) is 0 Å². The van der Waals surface area contributed by atoms with E-state index in [1.54, 1.807) is 12.1 Å². The second kappa shape index (κ2) is 7.70. The summed E-state index contributed by atoms with van der Waals surface area (Å²) in [5.74, 6) is -1.17. The first-order valence-corrected chi connectivity index (χ1v) is 8.51. The van der Waals surface area contributed by atoms with Gasteiger partial charge in [-0.25, -0.2) is 14.3 Å². The summed E-state index contributed by atoms with van der Waals surface area (Å²) in [7, 11) is 0. The highest BCUT2D eigenvalue weighted by atomic mass is 19.3. The highest BCUT2D eigenvalue weighted by Crippen LogP contribution is 2.26. The second-order valence-electron chi connectivity index (χ2n) is 6.14. The summed E-state index contributed by atoms with van der Waals surface area (Å²) >= 11 is 0. The molecule has 0 aliphatic heterocycles. The molecule has 0 radical (unpaired) electrons. The van der Waals surface area contributed by atoms with Crippen LogP contribution < -0.4 is 15.7 Å². The number of aromatic amines is 1. The topological polar surface area (TPSA) is 102 Å². The summed E-state index contributed by atoms with van der Waals surface area (Å²) in [5.41, 5.74) is -0.396. The van der Waals surface area contributed by atoms with Crippen LogP contribution in [0.3, 0.4) is 0 Å². The van der Waals surface area contributed by atoms with E-state index in [2.05, 4.69) is 25.6 Å².